The molecule has 1 N–H and O–H groups in total. The summed E-state index contributed by atoms with van der Waals surface area (Å²) in [6, 6.07) is 14.9. The van der Waals surface area contributed by atoms with Crippen molar-refractivity contribution in [2.45, 2.75) is 6.04 Å². The molecule has 1 heterocycles. The molecule has 1 aromatic heterocycles. The van der Waals surface area contributed by atoms with E-state index >= 15 is 0 Å². The Morgan fingerprint density at radius 2 is 1.88 bits per heavy atom. The number of hydrogen-bond acceptors (Lipinski definition) is 4. The summed E-state index contributed by atoms with van der Waals surface area (Å²) in [5.74, 6) is -1.95. The topological polar surface area (TPSA) is 85.4 Å². The highest BCUT2D eigenvalue weighted by Gasteiger charge is 2.24. The molecule has 1 amide bonds. The lowest BCUT2D eigenvalue weighted by Crippen LogP contribution is -2.29. The van der Waals surface area contributed by atoms with E-state index in [-0.39, 0.29) is 11.3 Å². The molecular weight excluding hydrogens is 407 g/mol. The smallest absolute Gasteiger partial charge is 0.395 e. The van der Waals surface area contributed by atoms with Gasteiger partial charge < -0.3 is 9.73 Å². The number of rotatable bonds is 5. The van der Waals surface area contributed by atoms with E-state index in [9.17, 15) is 19.3 Å². The molecular formula is C18H12BrFN2O4. The van der Waals surface area contributed by atoms with Gasteiger partial charge in [-0.25, -0.2) is 4.39 Å². The van der Waals surface area contributed by atoms with Gasteiger partial charge in [0, 0.05) is 10.0 Å². The first-order valence-electron chi connectivity index (χ1n) is 7.50. The zero-order chi connectivity index (χ0) is 18.7. The summed E-state index contributed by atoms with van der Waals surface area (Å²) < 4.78 is 19.9. The Morgan fingerprint density at radius 3 is 2.50 bits per heavy atom. The van der Waals surface area contributed by atoms with Crippen LogP contribution < -0.4 is 5.32 Å². The maximum atomic E-state index is 14.5. The Hall–Kier alpha value is -3.00. The molecule has 0 radical (unpaired) electrons. The SMILES string of the molecule is O=C(NC(c1ccccc1)c1ccc(Br)cc1F)c1ccc([N+](=O)[O-])o1. The monoisotopic (exact) mass is 418 g/mol. The average molecular weight is 419 g/mol. The van der Waals surface area contributed by atoms with Gasteiger partial charge in [-0.05, 0) is 23.8 Å². The van der Waals surface area contributed by atoms with E-state index in [1.807, 2.05) is 0 Å². The van der Waals surface area contributed by atoms with E-state index in [1.165, 1.54) is 12.1 Å². The third-order valence-electron chi connectivity index (χ3n) is 3.68. The third kappa shape index (κ3) is 3.80. The predicted molar refractivity (Wildman–Crippen MR) is 95.2 cm³/mol. The fourth-order valence-electron chi connectivity index (χ4n) is 2.47. The van der Waals surface area contributed by atoms with Gasteiger partial charge in [-0.1, -0.05) is 52.3 Å². The molecule has 3 rings (SSSR count). The van der Waals surface area contributed by atoms with Crippen LogP contribution in [0.25, 0.3) is 0 Å². The zero-order valence-electron chi connectivity index (χ0n) is 13.2. The number of nitrogens with one attached hydrogen (secondary N) is 1. The Balaban J connectivity index is 1.95. The Labute approximate surface area is 155 Å². The summed E-state index contributed by atoms with van der Waals surface area (Å²) in [6.45, 7) is 0. The second-order valence-electron chi connectivity index (χ2n) is 5.38. The molecule has 0 saturated carbocycles. The number of amides is 1. The average Bonchev–Trinajstić information content (AvgIpc) is 3.11. The lowest BCUT2D eigenvalue weighted by Gasteiger charge is -2.20. The van der Waals surface area contributed by atoms with Gasteiger partial charge in [0.2, 0.25) is 0 Å². The van der Waals surface area contributed by atoms with E-state index in [0.29, 0.717) is 10.0 Å². The van der Waals surface area contributed by atoms with Crippen LogP contribution >= 0.6 is 15.9 Å². The number of carbonyl (C=O) groups excluding carboxylic acids is 1. The van der Waals surface area contributed by atoms with Gasteiger partial charge in [0.15, 0.2) is 5.76 Å². The second-order valence-corrected chi connectivity index (χ2v) is 6.29. The first kappa shape index (κ1) is 17.8. The minimum atomic E-state index is -0.791. The molecule has 1 unspecified atom stereocenters. The molecule has 3 aromatic rings. The van der Waals surface area contributed by atoms with Gasteiger partial charge in [0.1, 0.15) is 10.7 Å². The van der Waals surface area contributed by atoms with E-state index in [4.69, 9.17) is 4.42 Å². The molecule has 2 aromatic carbocycles. The fraction of sp³-hybridized carbons (Fsp3) is 0.0556. The zero-order valence-corrected chi connectivity index (χ0v) is 14.8. The third-order valence-corrected chi connectivity index (χ3v) is 4.17. The van der Waals surface area contributed by atoms with Gasteiger partial charge in [-0.3, -0.25) is 14.9 Å². The molecule has 132 valence electrons. The van der Waals surface area contributed by atoms with Crippen LogP contribution in [0.5, 0.6) is 0 Å². The molecule has 8 heteroatoms. The molecule has 0 aliphatic heterocycles. The molecule has 0 aliphatic carbocycles. The molecule has 0 spiro atoms. The van der Waals surface area contributed by atoms with Crippen molar-refractivity contribution in [3.63, 3.8) is 0 Å². The van der Waals surface area contributed by atoms with Crippen molar-refractivity contribution in [1.29, 1.82) is 0 Å². The summed E-state index contributed by atoms with van der Waals surface area (Å²) in [7, 11) is 0. The highest BCUT2D eigenvalue weighted by atomic mass is 79.9. The maximum absolute atomic E-state index is 14.5. The fourth-order valence-corrected chi connectivity index (χ4v) is 2.80. The molecule has 0 aliphatic rings. The van der Waals surface area contributed by atoms with Crippen LogP contribution in [0.15, 0.2) is 69.6 Å². The summed E-state index contributed by atoms with van der Waals surface area (Å²) in [6.07, 6.45) is 0. The minimum Gasteiger partial charge on any atom is -0.395 e. The van der Waals surface area contributed by atoms with Crippen LogP contribution in [0.4, 0.5) is 10.3 Å². The number of nitrogens with zero attached hydrogens (tertiary/aromatic N) is 1. The lowest BCUT2D eigenvalue weighted by molar-refractivity contribution is -0.402. The Kier molecular flexibility index (Phi) is 5.13. The Morgan fingerprint density at radius 1 is 1.15 bits per heavy atom. The van der Waals surface area contributed by atoms with Crippen molar-refractivity contribution in [3.8, 4) is 0 Å². The van der Waals surface area contributed by atoms with Crippen LogP contribution in [0, 0.1) is 15.9 Å². The number of benzene rings is 2. The lowest BCUT2D eigenvalue weighted by atomic mass is 9.98. The van der Waals surface area contributed by atoms with E-state index < -0.39 is 28.6 Å². The summed E-state index contributed by atoms with van der Waals surface area (Å²) in [5, 5.41) is 13.4. The number of carbonyl (C=O) groups is 1. The number of nitro groups is 1. The van der Waals surface area contributed by atoms with Crippen molar-refractivity contribution in [1.82, 2.24) is 5.32 Å². The number of furan rings is 1. The first-order valence-corrected chi connectivity index (χ1v) is 8.30. The first-order chi connectivity index (χ1) is 12.5. The van der Waals surface area contributed by atoms with E-state index in [2.05, 4.69) is 21.2 Å². The number of halogens is 2. The highest BCUT2D eigenvalue weighted by molar-refractivity contribution is 9.10. The van der Waals surface area contributed by atoms with Gasteiger partial charge in [-0.15, -0.1) is 0 Å². The summed E-state index contributed by atoms with van der Waals surface area (Å²) in [5.41, 5.74) is 0.914. The molecule has 1 atom stereocenters. The molecule has 0 fully saturated rings. The van der Waals surface area contributed by atoms with Crippen LogP contribution in [0.3, 0.4) is 0 Å². The largest absolute Gasteiger partial charge is 0.433 e. The van der Waals surface area contributed by atoms with Crippen LogP contribution in [-0.2, 0) is 0 Å². The van der Waals surface area contributed by atoms with Crippen molar-refractivity contribution >= 4 is 27.7 Å². The van der Waals surface area contributed by atoms with Crippen molar-refractivity contribution in [2.75, 3.05) is 0 Å². The summed E-state index contributed by atoms with van der Waals surface area (Å²) >= 11 is 3.20. The van der Waals surface area contributed by atoms with Gasteiger partial charge in [0.05, 0.1) is 12.1 Å². The predicted octanol–water partition coefficient (Wildman–Crippen LogP) is 4.61. The van der Waals surface area contributed by atoms with Gasteiger partial charge >= 0.3 is 5.88 Å². The maximum Gasteiger partial charge on any atom is 0.433 e. The van der Waals surface area contributed by atoms with Gasteiger partial charge in [0.25, 0.3) is 5.91 Å². The van der Waals surface area contributed by atoms with Crippen LogP contribution in [0.1, 0.15) is 27.7 Å². The second kappa shape index (κ2) is 7.49. The van der Waals surface area contributed by atoms with E-state index in [1.54, 1.807) is 42.5 Å². The molecule has 26 heavy (non-hydrogen) atoms. The minimum absolute atomic E-state index is 0.227. The molecule has 0 bridgehead atoms. The van der Waals surface area contributed by atoms with Crippen LogP contribution in [0.2, 0.25) is 0 Å². The molecule has 6 nitrogen and oxygen atoms in total. The Bertz CT molecular complexity index is 959. The van der Waals surface area contributed by atoms with E-state index in [0.717, 1.165) is 6.07 Å². The van der Waals surface area contributed by atoms with Crippen molar-refractivity contribution < 1.29 is 18.5 Å². The van der Waals surface area contributed by atoms with Crippen molar-refractivity contribution in [3.05, 3.63) is 98.0 Å². The van der Waals surface area contributed by atoms with Crippen molar-refractivity contribution in [2.24, 2.45) is 0 Å². The molecule has 0 saturated heterocycles. The highest BCUT2D eigenvalue weighted by Crippen LogP contribution is 2.27. The quantitative estimate of drug-likeness (QED) is 0.484. The van der Waals surface area contributed by atoms with Crippen LogP contribution in [-0.4, -0.2) is 10.8 Å². The standard InChI is InChI=1S/C18H12BrFN2O4/c19-12-6-7-13(14(20)10-12)17(11-4-2-1-3-5-11)21-18(23)15-8-9-16(26-15)22(24)25/h1-10,17H,(H,21,23). The van der Waals surface area contributed by atoms with Gasteiger partial charge in [-0.2, -0.15) is 0 Å². The summed E-state index contributed by atoms with van der Waals surface area (Å²) in [4.78, 5) is 22.4. The normalized spacial score (nSPS) is 11.8. The number of hydrogen-bond donors (Lipinski definition) is 1.